The van der Waals surface area contributed by atoms with Crippen LogP contribution >= 0.6 is 0 Å². The first-order valence-corrected chi connectivity index (χ1v) is 5.92. The van der Waals surface area contributed by atoms with Crippen LogP contribution in [0.4, 0.5) is 0 Å². The molecule has 0 N–H and O–H groups in total. The number of rotatable bonds is 6. The summed E-state index contributed by atoms with van der Waals surface area (Å²) in [7, 11) is 0. The van der Waals surface area contributed by atoms with Gasteiger partial charge in [0, 0.05) is 18.8 Å². The monoisotopic (exact) mass is 252 g/mol. The van der Waals surface area contributed by atoms with Crippen molar-refractivity contribution in [2.24, 2.45) is 0 Å². The third kappa shape index (κ3) is 2.32. The summed E-state index contributed by atoms with van der Waals surface area (Å²) in [6, 6.07) is 3.39. The number of hydrogen-bond donors (Lipinski definition) is 0. The highest BCUT2D eigenvalue weighted by Crippen LogP contribution is 2.41. The Morgan fingerprint density at radius 2 is 2.00 bits per heavy atom. The van der Waals surface area contributed by atoms with Crippen molar-refractivity contribution < 1.29 is 23.7 Å². The maximum atomic E-state index is 11.1. The molecule has 1 aliphatic heterocycles. The summed E-state index contributed by atoms with van der Waals surface area (Å²) in [5.41, 5.74) is 1.09. The number of benzene rings is 1. The van der Waals surface area contributed by atoms with Crippen LogP contribution in [0.2, 0.25) is 0 Å². The first-order valence-electron chi connectivity index (χ1n) is 5.92. The fraction of sp³-hybridized carbons (Fsp3) is 0.462. The highest BCUT2D eigenvalue weighted by Gasteiger charge is 2.27. The van der Waals surface area contributed by atoms with E-state index in [2.05, 4.69) is 0 Å². The molecule has 2 rings (SSSR count). The van der Waals surface area contributed by atoms with Gasteiger partial charge in [0.2, 0.25) is 6.79 Å². The topological polar surface area (TPSA) is 54.0 Å². The predicted octanol–water partition coefficient (Wildman–Crippen LogP) is 2.30. The van der Waals surface area contributed by atoms with E-state index in [9.17, 15) is 4.79 Å². The van der Waals surface area contributed by atoms with Crippen molar-refractivity contribution >= 4 is 6.29 Å². The first kappa shape index (κ1) is 12.9. The largest absolute Gasteiger partial charge is 0.454 e. The van der Waals surface area contributed by atoms with Gasteiger partial charge in [0.1, 0.15) is 0 Å². The molecule has 1 aromatic rings. The predicted molar refractivity (Wildman–Crippen MR) is 63.9 cm³/mol. The number of fused-ring (bicyclic) bond motifs is 1. The number of ether oxygens (including phenoxy) is 4. The van der Waals surface area contributed by atoms with E-state index in [0.29, 0.717) is 35.8 Å². The van der Waals surface area contributed by atoms with Crippen LogP contribution in [0.1, 0.15) is 36.1 Å². The zero-order valence-corrected chi connectivity index (χ0v) is 10.5. The average molecular weight is 252 g/mol. The summed E-state index contributed by atoms with van der Waals surface area (Å²) in [6.45, 7) is 4.84. The molecule has 0 aromatic heterocycles. The molecule has 5 nitrogen and oxygen atoms in total. The Morgan fingerprint density at radius 1 is 1.28 bits per heavy atom. The molecule has 0 radical (unpaired) electrons. The Hall–Kier alpha value is -1.59. The molecule has 0 unspecified atom stereocenters. The van der Waals surface area contributed by atoms with Gasteiger partial charge in [0.15, 0.2) is 24.1 Å². The smallest absolute Gasteiger partial charge is 0.231 e. The van der Waals surface area contributed by atoms with Crippen LogP contribution < -0.4 is 9.47 Å². The zero-order valence-electron chi connectivity index (χ0n) is 10.5. The lowest BCUT2D eigenvalue weighted by atomic mass is 10.1. The van der Waals surface area contributed by atoms with E-state index < -0.39 is 6.29 Å². The lowest BCUT2D eigenvalue weighted by molar-refractivity contribution is -0.141. The second kappa shape index (κ2) is 5.84. The van der Waals surface area contributed by atoms with Gasteiger partial charge in [0.25, 0.3) is 0 Å². The molecule has 0 fully saturated rings. The number of carbonyl (C=O) groups excluding carboxylic acids is 1. The quantitative estimate of drug-likeness (QED) is 0.574. The van der Waals surface area contributed by atoms with Gasteiger partial charge in [0.05, 0.1) is 5.56 Å². The molecule has 1 aliphatic rings. The summed E-state index contributed by atoms with van der Waals surface area (Å²) in [4.78, 5) is 11.1. The second-order valence-electron chi connectivity index (χ2n) is 3.66. The standard InChI is InChI=1S/C13H16O5/c1-3-15-13(16-4-2)11-9(7-14)5-6-10-12(11)18-8-17-10/h5-7,13H,3-4,8H2,1-2H3. The van der Waals surface area contributed by atoms with Crippen molar-refractivity contribution in [1.82, 2.24) is 0 Å². The van der Waals surface area contributed by atoms with E-state index in [-0.39, 0.29) is 6.79 Å². The van der Waals surface area contributed by atoms with Crippen LogP contribution in [-0.4, -0.2) is 26.3 Å². The van der Waals surface area contributed by atoms with Crippen molar-refractivity contribution in [2.45, 2.75) is 20.1 Å². The summed E-state index contributed by atoms with van der Waals surface area (Å²) < 4.78 is 21.7. The fourth-order valence-corrected chi connectivity index (χ4v) is 1.87. The van der Waals surface area contributed by atoms with Crippen LogP contribution in [0.15, 0.2) is 12.1 Å². The van der Waals surface area contributed by atoms with E-state index in [4.69, 9.17) is 18.9 Å². The molecule has 5 heteroatoms. The van der Waals surface area contributed by atoms with Crippen molar-refractivity contribution in [1.29, 1.82) is 0 Å². The lowest BCUT2D eigenvalue weighted by Crippen LogP contribution is -2.12. The van der Waals surface area contributed by atoms with Crippen molar-refractivity contribution in [2.75, 3.05) is 20.0 Å². The van der Waals surface area contributed by atoms with Gasteiger partial charge in [-0.3, -0.25) is 4.79 Å². The minimum atomic E-state index is -0.614. The van der Waals surface area contributed by atoms with Gasteiger partial charge in [-0.1, -0.05) is 0 Å². The second-order valence-corrected chi connectivity index (χ2v) is 3.66. The molecule has 0 amide bonds. The van der Waals surface area contributed by atoms with E-state index in [1.54, 1.807) is 12.1 Å². The molecule has 1 heterocycles. The maximum Gasteiger partial charge on any atom is 0.231 e. The number of carbonyl (C=O) groups is 1. The van der Waals surface area contributed by atoms with Crippen LogP contribution in [0.5, 0.6) is 11.5 Å². The van der Waals surface area contributed by atoms with Gasteiger partial charge in [-0.25, -0.2) is 0 Å². The maximum absolute atomic E-state index is 11.1. The van der Waals surface area contributed by atoms with Gasteiger partial charge >= 0.3 is 0 Å². The van der Waals surface area contributed by atoms with E-state index >= 15 is 0 Å². The molecule has 0 saturated carbocycles. The van der Waals surface area contributed by atoms with Crippen molar-refractivity contribution in [3.8, 4) is 11.5 Å². The van der Waals surface area contributed by atoms with E-state index in [0.717, 1.165) is 6.29 Å². The number of hydrogen-bond acceptors (Lipinski definition) is 5. The first-order chi connectivity index (χ1) is 8.81. The zero-order chi connectivity index (χ0) is 13.0. The summed E-state index contributed by atoms with van der Waals surface area (Å²) in [5, 5.41) is 0. The molecule has 0 aliphatic carbocycles. The highest BCUT2D eigenvalue weighted by molar-refractivity contribution is 5.80. The average Bonchev–Trinajstić information content (AvgIpc) is 2.85. The van der Waals surface area contributed by atoms with Crippen LogP contribution in [0, 0.1) is 0 Å². The fourth-order valence-electron chi connectivity index (χ4n) is 1.87. The van der Waals surface area contributed by atoms with Crippen LogP contribution in [0.25, 0.3) is 0 Å². The van der Waals surface area contributed by atoms with E-state index in [1.165, 1.54) is 0 Å². The summed E-state index contributed by atoms with van der Waals surface area (Å²) in [5.74, 6) is 1.14. The van der Waals surface area contributed by atoms with Crippen molar-refractivity contribution in [3.05, 3.63) is 23.3 Å². The van der Waals surface area contributed by atoms with Gasteiger partial charge < -0.3 is 18.9 Å². The third-order valence-corrected chi connectivity index (χ3v) is 2.61. The lowest BCUT2D eigenvalue weighted by Gasteiger charge is -2.20. The van der Waals surface area contributed by atoms with Crippen LogP contribution in [-0.2, 0) is 9.47 Å². The molecule has 0 spiro atoms. The minimum Gasteiger partial charge on any atom is -0.454 e. The minimum absolute atomic E-state index is 0.148. The SMILES string of the molecule is CCOC(OCC)c1c(C=O)ccc2c1OCO2. The highest BCUT2D eigenvalue weighted by atomic mass is 16.7. The molecule has 0 atom stereocenters. The normalized spacial score (nSPS) is 13.1. The molecule has 18 heavy (non-hydrogen) atoms. The summed E-state index contributed by atoms with van der Waals surface area (Å²) in [6.07, 6.45) is 0.152. The molecule has 98 valence electrons. The number of aldehydes is 1. The van der Waals surface area contributed by atoms with Gasteiger partial charge in [-0.15, -0.1) is 0 Å². The van der Waals surface area contributed by atoms with Crippen molar-refractivity contribution in [3.63, 3.8) is 0 Å². The molecular weight excluding hydrogens is 236 g/mol. The molecule has 1 aromatic carbocycles. The molecule has 0 bridgehead atoms. The van der Waals surface area contributed by atoms with Crippen LogP contribution in [0.3, 0.4) is 0 Å². The van der Waals surface area contributed by atoms with Gasteiger partial charge in [-0.05, 0) is 26.0 Å². The Balaban J connectivity index is 2.45. The summed E-state index contributed by atoms with van der Waals surface area (Å²) >= 11 is 0. The van der Waals surface area contributed by atoms with E-state index in [1.807, 2.05) is 13.8 Å². The Bertz CT molecular complexity index is 424. The third-order valence-electron chi connectivity index (χ3n) is 2.61. The Morgan fingerprint density at radius 3 is 2.61 bits per heavy atom. The Labute approximate surface area is 106 Å². The molecular formula is C13H16O5. The molecule has 0 saturated heterocycles. The van der Waals surface area contributed by atoms with Gasteiger partial charge in [-0.2, -0.15) is 0 Å². The Kier molecular flexibility index (Phi) is 4.17.